The molecular formula is C14H14O5. The van der Waals surface area contributed by atoms with Crippen molar-refractivity contribution in [2.45, 2.75) is 20.8 Å². The van der Waals surface area contributed by atoms with Crippen molar-refractivity contribution in [1.82, 2.24) is 0 Å². The van der Waals surface area contributed by atoms with E-state index in [-0.39, 0.29) is 23.5 Å². The number of phenols is 1. The first-order chi connectivity index (χ1) is 8.95. The predicted molar refractivity (Wildman–Crippen MR) is 69.6 cm³/mol. The molecule has 1 aromatic heterocycles. The summed E-state index contributed by atoms with van der Waals surface area (Å²) >= 11 is 0. The van der Waals surface area contributed by atoms with Crippen LogP contribution < -0.4 is 5.63 Å². The van der Waals surface area contributed by atoms with Gasteiger partial charge in [-0.15, -0.1) is 0 Å². The standard InChI is InChI=1S/C14H14O5/c1-4-18-13(16)12-8(3)11-9(15)5-7(2)6-10(11)19-14(12)17/h5-6,15H,4H2,1-3H3. The molecule has 1 N–H and O–H groups in total. The van der Waals surface area contributed by atoms with E-state index in [0.717, 1.165) is 5.56 Å². The fraction of sp³-hybridized carbons (Fsp3) is 0.286. The van der Waals surface area contributed by atoms with Crippen LogP contribution in [-0.4, -0.2) is 17.7 Å². The lowest BCUT2D eigenvalue weighted by atomic mass is 10.0. The van der Waals surface area contributed by atoms with Crippen LogP contribution in [-0.2, 0) is 4.74 Å². The maximum atomic E-state index is 11.8. The molecule has 0 bridgehead atoms. The number of rotatable bonds is 2. The van der Waals surface area contributed by atoms with Crippen LogP contribution in [0.1, 0.15) is 28.4 Å². The van der Waals surface area contributed by atoms with Crippen molar-refractivity contribution >= 4 is 16.9 Å². The largest absolute Gasteiger partial charge is 0.507 e. The van der Waals surface area contributed by atoms with Gasteiger partial charge >= 0.3 is 11.6 Å². The average Bonchev–Trinajstić information content (AvgIpc) is 2.27. The summed E-state index contributed by atoms with van der Waals surface area (Å²) in [7, 11) is 0. The van der Waals surface area contributed by atoms with Gasteiger partial charge in [0.15, 0.2) is 0 Å². The van der Waals surface area contributed by atoms with E-state index in [1.54, 1.807) is 32.9 Å². The van der Waals surface area contributed by atoms with E-state index in [4.69, 9.17) is 9.15 Å². The molecule has 2 rings (SSSR count). The number of hydrogen-bond donors (Lipinski definition) is 1. The molecule has 0 amide bonds. The lowest BCUT2D eigenvalue weighted by Gasteiger charge is -2.09. The van der Waals surface area contributed by atoms with Gasteiger partial charge in [0.25, 0.3) is 0 Å². The van der Waals surface area contributed by atoms with Gasteiger partial charge in [-0.1, -0.05) is 0 Å². The van der Waals surface area contributed by atoms with E-state index in [2.05, 4.69) is 0 Å². The smallest absolute Gasteiger partial charge is 0.351 e. The number of ether oxygens (including phenoxy) is 1. The number of phenolic OH excluding ortho intramolecular Hbond substituents is 1. The lowest BCUT2D eigenvalue weighted by molar-refractivity contribution is 0.0521. The van der Waals surface area contributed by atoms with Gasteiger partial charge in [-0.3, -0.25) is 0 Å². The van der Waals surface area contributed by atoms with Gasteiger partial charge in [-0.2, -0.15) is 0 Å². The Bertz CT molecular complexity index is 712. The summed E-state index contributed by atoms with van der Waals surface area (Å²) in [6.07, 6.45) is 0. The molecule has 2 aromatic rings. The summed E-state index contributed by atoms with van der Waals surface area (Å²) in [5.41, 5.74) is 0.452. The van der Waals surface area contributed by atoms with Gasteiger partial charge in [-0.05, 0) is 44.0 Å². The molecule has 19 heavy (non-hydrogen) atoms. The van der Waals surface area contributed by atoms with E-state index >= 15 is 0 Å². The summed E-state index contributed by atoms with van der Waals surface area (Å²) in [5.74, 6) is -0.766. The highest BCUT2D eigenvalue weighted by Gasteiger charge is 2.21. The summed E-state index contributed by atoms with van der Waals surface area (Å²) in [4.78, 5) is 23.6. The van der Waals surface area contributed by atoms with Crippen LogP contribution in [0.15, 0.2) is 21.3 Å². The van der Waals surface area contributed by atoms with E-state index in [9.17, 15) is 14.7 Å². The summed E-state index contributed by atoms with van der Waals surface area (Å²) in [5, 5.41) is 10.3. The monoisotopic (exact) mass is 262 g/mol. The van der Waals surface area contributed by atoms with Crippen LogP contribution in [0, 0.1) is 13.8 Å². The fourth-order valence-corrected chi connectivity index (χ4v) is 2.06. The van der Waals surface area contributed by atoms with Crippen LogP contribution in [0.25, 0.3) is 11.0 Å². The fourth-order valence-electron chi connectivity index (χ4n) is 2.06. The topological polar surface area (TPSA) is 76.7 Å². The maximum absolute atomic E-state index is 11.8. The number of hydrogen-bond acceptors (Lipinski definition) is 5. The second kappa shape index (κ2) is 4.76. The van der Waals surface area contributed by atoms with E-state index in [0.29, 0.717) is 10.9 Å². The summed E-state index contributed by atoms with van der Waals surface area (Å²) in [6.45, 7) is 5.17. The molecule has 1 heterocycles. The van der Waals surface area contributed by atoms with Gasteiger partial charge in [0.05, 0.1) is 12.0 Å². The minimum absolute atomic E-state index is 0.0261. The third kappa shape index (κ3) is 2.19. The normalized spacial score (nSPS) is 10.7. The number of carbonyl (C=O) groups is 1. The van der Waals surface area contributed by atoms with Gasteiger partial charge in [-0.25, -0.2) is 9.59 Å². The Hall–Kier alpha value is -2.30. The number of esters is 1. The van der Waals surface area contributed by atoms with Gasteiger partial charge < -0.3 is 14.3 Å². The van der Waals surface area contributed by atoms with Crippen LogP contribution in [0.5, 0.6) is 5.75 Å². The Labute approximate surface area is 109 Å². The third-order valence-electron chi connectivity index (χ3n) is 2.86. The first kappa shape index (κ1) is 13.1. The molecule has 0 atom stereocenters. The Morgan fingerprint density at radius 3 is 2.68 bits per heavy atom. The number of benzene rings is 1. The van der Waals surface area contributed by atoms with Crippen molar-refractivity contribution in [3.05, 3.63) is 39.2 Å². The quantitative estimate of drug-likeness (QED) is 0.663. The van der Waals surface area contributed by atoms with Crippen molar-refractivity contribution in [2.75, 3.05) is 6.61 Å². The minimum Gasteiger partial charge on any atom is -0.507 e. The average molecular weight is 262 g/mol. The van der Waals surface area contributed by atoms with E-state index < -0.39 is 11.6 Å². The molecule has 0 radical (unpaired) electrons. The molecule has 1 aromatic carbocycles. The van der Waals surface area contributed by atoms with Gasteiger partial charge in [0.2, 0.25) is 0 Å². The molecule has 0 aliphatic carbocycles. The maximum Gasteiger partial charge on any atom is 0.351 e. The van der Waals surface area contributed by atoms with Crippen LogP contribution in [0.3, 0.4) is 0 Å². The van der Waals surface area contributed by atoms with E-state index in [1.165, 1.54) is 0 Å². The Balaban J connectivity index is 2.82. The van der Waals surface area contributed by atoms with Crippen LogP contribution in [0.2, 0.25) is 0 Å². The molecule has 0 aliphatic rings. The SMILES string of the molecule is CCOC(=O)c1c(C)c2c(O)cc(C)cc2oc1=O. The van der Waals surface area contributed by atoms with Crippen molar-refractivity contribution in [1.29, 1.82) is 0 Å². The summed E-state index contributed by atoms with van der Waals surface area (Å²) < 4.78 is 9.91. The molecule has 0 saturated heterocycles. The second-order valence-electron chi connectivity index (χ2n) is 4.27. The van der Waals surface area contributed by atoms with Gasteiger partial charge in [0, 0.05) is 0 Å². The Morgan fingerprint density at radius 2 is 2.05 bits per heavy atom. The first-order valence-electron chi connectivity index (χ1n) is 5.89. The zero-order valence-corrected chi connectivity index (χ0v) is 10.9. The number of aryl methyl sites for hydroxylation is 2. The second-order valence-corrected chi connectivity index (χ2v) is 4.27. The highest BCUT2D eigenvalue weighted by molar-refractivity contribution is 5.98. The number of carbonyl (C=O) groups excluding carboxylic acids is 1. The molecule has 0 spiro atoms. The molecule has 5 heteroatoms. The minimum atomic E-state index is -0.756. The number of aromatic hydroxyl groups is 1. The molecule has 0 unspecified atom stereocenters. The summed E-state index contributed by atoms with van der Waals surface area (Å²) in [6, 6.07) is 3.18. The lowest BCUT2D eigenvalue weighted by Crippen LogP contribution is -2.18. The van der Waals surface area contributed by atoms with Crippen molar-refractivity contribution < 1.29 is 19.1 Å². The molecule has 5 nitrogen and oxygen atoms in total. The molecule has 0 saturated carbocycles. The molecular weight excluding hydrogens is 248 g/mol. The van der Waals surface area contributed by atoms with Crippen LogP contribution >= 0.6 is 0 Å². The zero-order valence-electron chi connectivity index (χ0n) is 10.9. The van der Waals surface area contributed by atoms with Crippen molar-refractivity contribution in [3.63, 3.8) is 0 Å². The predicted octanol–water partition coefficient (Wildman–Crippen LogP) is 2.29. The van der Waals surface area contributed by atoms with Crippen LogP contribution in [0.4, 0.5) is 0 Å². The zero-order chi connectivity index (χ0) is 14.2. The Morgan fingerprint density at radius 1 is 1.37 bits per heavy atom. The third-order valence-corrected chi connectivity index (χ3v) is 2.86. The molecule has 0 aliphatic heterocycles. The van der Waals surface area contributed by atoms with Crippen molar-refractivity contribution in [3.8, 4) is 5.75 Å². The highest BCUT2D eigenvalue weighted by atomic mass is 16.5. The number of fused-ring (bicyclic) bond motifs is 1. The van der Waals surface area contributed by atoms with Gasteiger partial charge in [0.1, 0.15) is 16.9 Å². The Kier molecular flexibility index (Phi) is 3.29. The van der Waals surface area contributed by atoms with Crippen molar-refractivity contribution in [2.24, 2.45) is 0 Å². The molecule has 100 valence electrons. The van der Waals surface area contributed by atoms with E-state index in [1.807, 2.05) is 0 Å². The first-order valence-corrected chi connectivity index (χ1v) is 5.89. The highest BCUT2D eigenvalue weighted by Crippen LogP contribution is 2.29. The molecule has 0 fully saturated rings.